The zero-order chi connectivity index (χ0) is 18.0. The van der Waals surface area contributed by atoms with Crippen LogP contribution in [0, 0.1) is 6.92 Å². The van der Waals surface area contributed by atoms with Crippen LogP contribution in [-0.4, -0.2) is 61.4 Å². The lowest BCUT2D eigenvalue weighted by Crippen LogP contribution is -2.34. The summed E-state index contributed by atoms with van der Waals surface area (Å²) in [5.74, 6) is 0.997. The van der Waals surface area contributed by atoms with E-state index in [0.717, 1.165) is 31.0 Å². The topological polar surface area (TPSA) is 67.2 Å². The second-order valence-electron chi connectivity index (χ2n) is 6.91. The molecule has 7 nitrogen and oxygen atoms in total. The highest BCUT2D eigenvalue weighted by molar-refractivity contribution is 5.92. The molecule has 0 fully saturated rings. The fourth-order valence-corrected chi connectivity index (χ4v) is 2.93. The number of nitrogens with zero attached hydrogens (tertiary/aromatic N) is 6. The van der Waals surface area contributed by atoms with E-state index in [1.807, 2.05) is 18.0 Å². The van der Waals surface area contributed by atoms with E-state index in [1.54, 1.807) is 12.4 Å². The van der Waals surface area contributed by atoms with Crippen molar-refractivity contribution in [3.63, 3.8) is 0 Å². The van der Waals surface area contributed by atoms with Crippen LogP contribution in [0.25, 0.3) is 0 Å². The summed E-state index contributed by atoms with van der Waals surface area (Å²) in [6, 6.07) is 0.482. The maximum atomic E-state index is 12.7. The Bertz CT molecular complexity index is 737. The van der Waals surface area contributed by atoms with Crippen molar-refractivity contribution >= 4 is 5.91 Å². The highest BCUT2D eigenvalue weighted by Gasteiger charge is 2.23. The number of fused-ring (bicyclic) bond motifs is 1. The van der Waals surface area contributed by atoms with Gasteiger partial charge in [0.2, 0.25) is 0 Å². The summed E-state index contributed by atoms with van der Waals surface area (Å²) in [6.07, 6.45) is 5.92. The van der Waals surface area contributed by atoms with Crippen LogP contribution in [0.2, 0.25) is 0 Å². The van der Waals surface area contributed by atoms with Gasteiger partial charge in [0, 0.05) is 51.0 Å². The van der Waals surface area contributed by atoms with E-state index in [1.165, 1.54) is 5.69 Å². The van der Waals surface area contributed by atoms with E-state index in [0.29, 0.717) is 24.8 Å². The van der Waals surface area contributed by atoms with Crippen LogP contribution < -0.4 is 0 Å². The van der Waals surface area contributed by atoms with E-state index in [2.05, 4.69) is 45.3 Å². The van der Waals surface area contributed by atoms with Gasteiger partial charge >= 0.3 is 0 Å². The number of amides is 1. The van der Waals surface area contributed by atoms with Gasteiger partial charge in [-0.3, -0.25) is 14.7 Å². The van der Waals surface area contributed by atoms with Gasteiger partial charge in [-0.2, -0.15) is 0 Å². The molecule has 1 amide bonds. The van der Waals surface area contributed by atoms with Crippen molar-refractivity contribution in [2.45, 2.75) is 46.3 Å². The van der Waals surface area contributed by atoms with Crippen molar-refractivity contribution in [3.8, 4) is 0 Å². The van der Waals surface area contributed by atoms with Crippen LogP contribution in [0.3, 0.4) is 0 Å². The zero-order valence-corrected chi connectivity index (χ0v) is 15.4. The summed E-state index contributed by atoms with van der Waals surface area (Å²) in [7, 11) is 2.12. The molecule has 0 saturated carbocycles. The molecule has 7 heteroatoms. The summed E-state index contributed by atoms with van der Waals surface area (Å²) in [6.45, 7) is 9.18. The molecule has 3 rings (SSSR count). The second kappa shape index (κ2) is 7.31. The van der Waals surface area contributed by atoms with E-state index in [-0.39, 0.29) is 5.91 Å². The van der Waals surface area contributed by atoms with Gasteiger partial charge in [-0.25, -0.2) is 9.97 Å². The first-order valence-electron chi connectivity index (χ1n) is 8.77. The fourth-order valence-electron chi connectivity index (χ4n) is 2.93. The molecule has 0 aliphatic carbocycles. The SMILES string of the molecule is Cc1cnc(C(=O)N2CCc3ncc(CN(C)C(C)C)n3CC2)cn1. The monoisotopic (exact) mass is 342 g/mol. The number of carbonyl (C=O) groups is 1. The summed E-state index contributed by atoms with van der Waals surface area (Å²) >= 11 is 0. The quantitative estimate of drug-likeness (QED) is 0.843. The molecule has 1 aliphatic rings. The highest BCUT2D eigenvalue weighted by Crippen LogP contribution is 2.15. The molecule has 0 unspecified atom stereocenters. The van der Waals surface area contributed by atoms with Crippen molar-refractivity contribution in [1.29, 1.82) is 0 Å². The molecule has 0 radical (unpaired) electrons. The molecule has 134 valence electrons. The molecule has 0 spiro atoms. The lowest BCUT2D eigenvalue weighted by molar-refractivity contribution is 0.0752. The number of imidazole rings is 1. The minimum absolute atomic E-state index is 0.0564. The zero-order valence-electron chi connectivity index (χ0n) is 15.4. The normalized spacial score (nSPS) is 14.7. The minimum Gasteiger partial charge on any atom is -0.335 e. The fraction of sp³-hybridized carbons (Fsp3) is 0.556. The largest absolute Gasteiger partial charge is 0.335 e. The van der Waals surface area contributed by atoms with Gasteiger partial charge in [0.1, 0.15) is 11.5 Å². The Kier molecular flexibility index (Phi) is 5.13. The first-order valence-corrected chi connectivity index (χ1v) is 8.77. The molecule has 2 aromatic rings. The van der Waals surface area contributed by atoms with Crippen LogP contribution in [0.15, 0.2) is 18.6 Å². The predicted octanol–water partition coefficient (Wildman–Crippen LogP) is 1.52. The van der Waals surface area contributed by atoms with Crippen molar-refractivity contribution < 1.29 is 4.79 Å². The number of hydrogen-bond acceptors (Lipinski definition) is 5. The number of rotatable bonds is 4. The number of carbonyl (C=O) groups excluding carboxylic acids is 1. The van der Waals surface area contributed by atoms with E-state index in [9.17, 15) is 4.79 Å². The molecule has 0 atom stereocenters. The lowest BCUT2D eigenvalue weighted by Gasteiger charge is -2.22. The van der Waals surface area contributed by atoms with Gasteiger partial charge in [-0.15, -0.1) is 0 Å². The van der Waals surface area contributed by atoms with Crippen molar-refractivity contribution in [2.75, 3.05) is 20.1 Å². The Morgan fingerprint density at radius 3 is 2.64 bits per heavy atom. The maximum Gasteiger partial charge on any atom is 0.274 e. The van der Waals surface area contributed by atoms with Crippen LogP contribution >= 0.6 is 0 Å². The van der Waals surface area contributed by atoms with Gasteiger partial charge in [0.05, 0.1) is 17.6 Å². The summed E-state index contributed by atoms with van der Waals surface area (Å²) in [5.41, 5.74) is 2.42. The van der Waals surface area contributed by atoms with Crippen molar-refractivity contribution in [1.82, 2.24) is 29.3 Å². The van der Waals surface area contributed by atoms with E-state index < -0.39 is 0 Å². The Hall–Kier alpha value is -2.28. The Balaban J connectivity index is 1.71. The Morgan fingerprint density at radius 2 is 1.96 bits per heavy atom. The van der Waals surface area contributed by atoms with Crippen LogP contribution in [0.5, 0.6) is 0 Å². The second-order valence-corrected chi connectivity index (χ2v) is 6.91. The van der Waals surface area contributed by atoms with E-state index >= 15 is 0 Å². The van der Waals surface area contributed by atoms with Crippen LogP contribution in [0.1, 0.15) is 41.5 Å². The molecule has 1 aliphatic heterocycles. The molecule has 25 heavy (non-hydrogen) atoms. The molecule has 0 N–H and O–H groups in total. The van der Waals surface area contributed by atoms with Crippen molar-refractivity contribution in [3.05, 3.63) is 41.5 Å². The first-order chi connectivity index (χ1) is 12.0. The Labute approximate surface area is 148 Å². The average Bonchev–Trinajstić information content (AvgIpc) is 2.84. The summed E-state index contributed by atoms with van der Waals surface area (Å²) in [5, 5.41) is 0. The molecule has 0 bridgehead atoms. The molecule has 2 aromatic heterocycles. The molecule has 0 saturated heterocycles. The molecule has 3 heterocycles. The third kappa shape index (κ3) is 3.87. The van der Waals surface area contributed by atoms with Gasteiger partial charge in [0.25, 0.3) is 5.91 Å². The summed E-state index contributed by atoms with van der Waals surface area (Å²) in [4.78, 5) is 29.8. The average molecular weight is 342 g/mol. The van der Waals surface area contributed by atoms with Gasteiger partial charge in [0.15, 0.2) is 0 Å². The number of hydrogen-bond donors (Lipinski definition) is 0. The first kappa shape index (κ1) is 17.5. The third-order valence-electron chi connectivity index (χ3n) is 4.80. The van der Waals surface area contributed by atoms with Gasteiger partial charge < -0.3 is 9.47 Å². The van der Waals surface area contributed by atoms with Gasteiger partial charge in [-0.1, -0.05) is 0 Å². The number of aromatic nitrogens is 4. The lowest BCUT2D eigenvalue weighted by atomic mass is 10.3. The number of aryl methyl sites for hydroxylation is 1. The van der Waals surface area contributed by atoms with E-state index in [4.69, 9.17) is 0 Å². The van der Waals surface area contributed by atoms with Crippen LogP contribution in [-0.2, 0) is 19.5 Å². The predicted molar refractivity (Wildman–Crippen MR) is 95.2 cm³/mol. The molecule has 0 aromatic carbocycles. The molecular weight excluding hydrogens is 316 g/mol. The standard InChI is InChI=1S/C18H26N6O/c1-13(2)22(4)12-15-10-21-17-5-6-23(7-8-24(15)17)18(25)16-11-19-14(3)9-20-16/h9-11,13H,5-8,12H2,1-4H3. The third-order valence-corrected chi connectivity index (χ3v) is 4.80. The van der Waals surface area contributed by atoms with Crippen molar-refractivity contribution in [2.24, 2.45) is 0 Å². The smallest absolute Gasteiger partial charge is 0.274 e. The minimum atomic E-state index is -0.0564. The maximum absolute atomic E-state index is 12.7. The summed E-state index contributed by atoms with van der Waals surface area (Å²) < 4.78 is 2.26. The Morgan fingerprint density at radius 1 is 1.16 bits per heavy atom. The van der Waals surface area contributed by atoms with Crippen LogP contribution in [0.4, 0.5) is 0 Å². The highest BCUT2D eigenvalue weighted by atomic mass is 16.2. The van der Waals surface area contributed by atoms with Gasteiger partial charge in [-0.05, 0) is 27.8 Å². The molecular formula is C18H26N6O.